The van der Waals surface area contributed by atoms with Crippen LogP contribution in [0.15, 0.2) is 36.4 Å². The molecule has 0 bridgehead atoms. The van der Waals surface area contributed by atoms with Crippen LogP contribution in [0.1, 0.15) is 36.8 Å². The van der Waals surface area contributed by atoms with Crippen molar-refractivity contribution in [2.75, 3.05) is 39.7 Å². The third-order valence-corrected chi connectivity index (χ3v) is 7.77. The first-order valence-corrected chi connectivity index (χ1v) is 11.8. The molecule has 5 rings (SSSR count). The molecule has 0 radical (unpaired) electrons. The molecule has 2 aromatic rings. The summed E-state index contributed by atoms with van der Waals surface area (Å²) in [4.78, 5) is 15.2. The number of urea groups is 1. The molecule has 2 amide bonds. The summed E-state index contributed by atoms with van der Waals surface area (Å²) in [7, 11) is 5.55. The molecule has 0 unspecified atom stereocenters. The van der Waals surface area contributed by atoms with Gasteiger partial charge in [0, 0.05) is 29.6 Å². The molecule has 0 aromatic heterocycles. The van der Waals surface area contributed by atoms with Crippen LogP contribution >= 0.6 is 0 Å². The van der Waals surface area contributed by atoms with E-state index >= 15 is 0 Å². The molecule has 176 valence electrons. The van der Waals surface area contributed by atoms with Crippen LogP contribution in [-0.4, -0.2) is 57.4 Å². The molecule has 0 spiro atoms. The molecule has 2 aliphatic heterocycles. The van der Waals surface area contributed by atoms with Crippen LogP contribution in [0.25, 0.3) is 0 Å². The molecule has 1 saturated heterocycles. The molecule has 2 aromatic carbocycles. The van der Waals surface area contributed by atoms with E-state index in [9.17, 15) is 4.79 Å². The molecule has 2 fully saturated rings. The Kier molecular flexibility index (Phi) is 5.83. The first-order valence-electron chi connectivity index (χ1n) is 11.8. The minimum absolute atomic E-state index is 0.0724. The van der Waals surface area contributed by atoms with Crippen molar-refractivity contribution in [2.24, 2.45) is 0 Å². The third-order valence-electron chi connectivity index (χ3n) is 7.77. The number of carbonyl (C=O) groups is 1. The minimum Gasteiger partial charge on any atom is -0.493 e. The van der Waals surface area contributed by atoms with Crippen molar-refractivity contribution < 1.29 is 19.0 Å². The number of hydrogen-bond acceptors (Lipinski definition) is 5. The van der Waals surface area contributed by atoms with Gasteiger partial charge in [-0.3, -0.25) is 0 Å². The quantitative estimate of drug-likeness (QED) is 0.720. The monoisotopic (exact) mass is 451 g/mol. The Morgan fingerprint density at radius 2 is 1.97 bits per heavy atom. The molecule has 7 heteroatoms. The SMILES string of the molecule is COc1ccc([C@@]23CC[C@H](NC(=O)Nc4ccc5c(c4)CCO5)C[C@H]2N(C)CC3)cc1OC. The largest absolute Gasteiger partial charge is 0.493 e. The fraction of sp³-hybridized carbons (Fsp3) is 0.500. The number of anilines is 1. The molecule has 33 heavy (non-hydrogen) atoms. The highest BCUT2D eigenvalue weighted by molar-refractivity contribution is 5.89. The molecule has 2 N–H and O–H groups in total. The fourth-order valence-corrected chi connectivity index (χ4v) is 6.01. The summed E-state index contributed by atoms with van der Waals surface area (Å²) in [5.41, 5.74) is 3.34. The first kappa shape index (κ1) is 21.9. The lowest BCUT2D eigenvalue weighted by atomic mass is 9.65. The van der Waals surface area contributed by atoms with E-state index < -0.39 is 0 Å². The molecule has 2 heterocycles. The van der Waals surface area contributed by atoms with Gasteiger partial charge in [0.05, 0.1) is 20.8 Å². The van der Waals surface area contributed by atoms with Gasteiger partial charge in [-0.25, -0.2) is 4.79 Å². The lowest BCUT2D eigenvalue weighted by Gasteiger charge is -2.45. The zero-order valence-electron chi connectivity index (χ0n) is 19.6. The van der Waals surface area contributed by atoms with E-state index in [2.05, 4.69) is 34.7 Å². The summed E-state index contributed by atoms with van der Waals surface area (Å²) in [5.74, 6) is 2.45. The van der Waals surface area contributed by atoms with E-state index in [4.69, 9.17) is 14.2 Å². The summed E-state index contributed by atoms with van der Waals surface area (Å²) in [6, 6.07) is 12.6. The second-order valence-corrected chi connectivity index (χ2v) is 9.46. The van der Waals surface area contributed by atoms with Crippen LogP contribution in [-0.2, 0) is 11.8 Å². The van der Waals surface area contributed by atoms with E-state index in [1.165, 1.54) is 5.56 Å². The number of methoxy groups -OCH3 is 2. The highest BCUT2D eigenvalue weighted by Gasteiger charge is 2.50. The van der Waals surface area contributed by atoms with Gasteiger partial charge in [0.1, 0.15) is 5.75 Å². The van der Waals surface area contributed by atoms with E-state index in [-0.39, 0.29) is 17.5 Å². The molecule has 3 atom stereocenters. The maximum absolute atomic E-state index is 12.8. The average Bonchev–Trinajstić information content (AvgIpc) is 3.43. The molecule has 7 nitrogen and oxygen atoms in total. The zero-order chi connectivity index (χ0) is 23.0. The van der Waals surface area contributed by atoms with E-state index in [0.29, 0.717) is 12.6 Å². The van der Waals surface area contributed by atoms with Gasteiger partial charge < -0.3 is 29.7 Å². The van der Waals surface area contributed by atoms with Crippen LogP contribution in [0.2, 0.25) is 0 Å². The van der Waals surface area contributed by atoms with Crippen molar-refractivity contribution in [3.8, 4) is 17.2 Å². The fourth-order valence-electron chi connectivity index (χ4n) is 6.01. The van der Waals surface area contributed by atoms with Gasteiger partial charge in [0.2, 0.25) is 0 Å². The van der Waals surface area contributed by atoms with Gasteiger partial charge in [-0.05, 0) is 80.7 Å². The number of fused-ring (bicyclic) bond motifs is 2. The van der Waals surface area contributed by atoms with Crippen molar-refractivity contribution in [3.63, 3.8) is 0 Å². The Bertz CT molecular complexity index is 1040. The summed E-state index contributed by atoms with van der Waals surface area (Å²) >= 11 is 0. The molecule has 3 aliphatic rings. The number of rotatable bonds is 5. The van der Waals surface area contributed by atoms with Gasteiger partial charge in [-0.15, -0.1) is 0 Å². The van der Waals surface area contributed by atoms with Gasteiger partial charge >= 0.3 is 6.03 Å². The maximum atomic E-state index is 12.8. The number of amides is 2. The van der Waals surface area contributed by atoms with Crippen molar-refractivity contribution in [3.05, 3.63) is 47.5 Å². The number of nitrogens with one attached hydrogen (secondary N) is 2. The topological polar surface area (TPSA) is 72.1 Å². The van der Waals surface area contributed by atoms with Crippen LogP contribution in [0.5, 0.6) is 17.2 Å². The number of hydrogen-bond donors (Lipinski definition) is 2. The molecular formula is C26H33N3O4. The predicted molar refractivity (Wildman–Crippen MR) is 128 cm³/mol. The maximum Gasteiger partial charge on any atom is 0.319 e. The van der Waals surface area contributed by atoms with Crippen LogP contribution in [0.4, 0.5) is 10.5 Å². The smallest absolute Gasteiger partial charge is 0.319 e. The van der Waals surface area contributed by atoms with Gasteiger partial charge in [-0.1, -0.05) is 6.07 Å². The predicted octanol–water partition coefficient (Wildman–Crippen LogP) is 3.95. The number of nitrogens with zero attached hydrogens (tertiary/aromatic N) is 1. The summed E-state index contributed by atoms with van der Waals surface area (Å²) in [6.45, 7) is 1.76. The lowest BCUT2D eigenvalue weighted by molar-refractivity contribution is 0.156. The lowest BCUT2D eigenvalue weighted by Crippen LogP contribution is -2.52. The Labute approximate surface area is 195 Å². The Morgan fingerprint density at radius 3 is 2.79 bits per heavy atom. The molecule has 1 aliphatic carbocycles. The zero-order valence-corrected chi connectivity index (χ0v) is 19.6. The van der Waals surface area contributed by atoms with Crippen molar-refractivity contribution in [1.29, 1.82) is 0 Å². The number of likely N-dealkylation sites (N-methyl/N-ethyl adjacent to an activating group) is 1. The van der Waals surface area contributed by atoms with E-state index in [1.807, 2.05) is 24.3 Å². The molecular weight excluding hydrogens is 418 g/mol. The molecule has 1 saturated carbocycles. The average molecular weight is 452 g/mol. The third kappa shape index (κ3) is 3.99. The highest BCUT2D eigenvalue weighted by atomic mass is 16.5. The number of ether oxygens (including phenoxy) is 3. The Morgan fingerprint density at radius 1 is 1.12 bits per heavy atom. The van der Waals surface area contributed by atoms with Gasteiger partial charge in [0.15, 0.2) is 11.5 Å². The second kappa shape index (κ2) is 8.78. The summed E-state index contributed by atoms with van der Waals surface area (Å²) in [6.07, 6.45) is 4.90. The normalized spacial score (nSPS) is 26.2. The Balaban J connectivity index is 1.28. The minimum atomic E-state index is -0.141. The summed E-state index contributed by atoms with van der Waals surface area (Å²) < 4.78 is 16.6. The van der Waals surface area contributed by atoms with Crippen molar-refractivity contribution >= 4 is 11.7 Å². The summed E-state index contributed by atoms with van der Waals surface area (Å²) in [5, 5.41) is 6.23. The van der Waals surface area contributed by atoms with E-state index in [1.54, 1.807) is 14.2 Å². The van der Waals surface area contributed by atoms with Crippen molar-refractivity contribution in [1.82, 2.24) is 10.2 Å². The number of carbonyl (C=O) groups excluding carboxylic acids is 1. The van der Waals surface area contributed by atoms with E-state index in [0.717, 1.165) is 67.1 Å². The van der Waals surface area contributed by atoms with Gasteiger partial charge in [0.25, 0.3) is 0 Å². The second-order valence-electron chi connectivity index (χ2n) is 9.46. The van der Waals surface area contributed by atoms with Crippen LogP contribution in [0, 0.1) is 0 Å². The highest BCUT2D eigenvalue weighted by Crippen LogP contribution is 2.49. The van der Waals surface area contributed by atoms with Crippen molar-refractivity contribution in [2.45, 2.75) is 49.6 Å². The first-order chi connectivity index (χ1) is 16.0. The Hall–Kier alpha value is -2.93. The number of benzene rings is 2. The van der Waals surface area contributed by atoms with Crippen LogP contribution < -0.4 is 24.8 Å². The van der Waals surface area contributed by atoms with Crippen LogP contribution in [0.3, 0.4) is 0 Å². The van der Waals surface area contributed by atoms with Gasteiger partial charge in [-0.2, -0.15) is 0 Å². The standard InChI is InChI=1S/C26H33N3O4/c1-29-12-11-26(18-4-6-22(31-2)23(15-18)32-3)10-8-20(16-24(26)29)28-25(30)27-19-5-7-21-17(14-19)9-13-33-21/h4-7,14-15,20,24H,8-13,16H2,1-3H3,(H2,27,28,30)/t20-,24+,26-/m0/s1. The number of likely N-dealkylation sites (tertiary alicyclic amines) is 1.